The molecule has 2 aliphatic rings. The van der Waals surface area contributed by atoms with Gasteiger partial charge in [0.2, 0.25) is 0 Å². The number of nitrogens with zero attached hydrogens (tertiary/aromatic N) is 1. The van der Waals surface area contributed by atoms with Gasteiger partial charge in [0.25, 0.3) is 0 Å². The Bertz CT molecular complexity index is 125. The highest BCUT2D eigenvalue weighted by atomic mass is 16.5. The van der Waals surface area contributed by atoms with Gasteiger partial charge in [0.1, 0.15) is 19.6 Å². The molecular formula is C8H16NO+. The molecule has 2 bridgehead atoms. The lowest BCUT2D eigenvalue weighted by atomic mass is 9.89. The number of fused-ring (bicyclic) bond motifs is 2. The second-order valence-electron chi connectivity index (χ2n) is 3.88. The first-order valence-electron chi connectivity index (χ1n) is 4.37. The Morgan fingerprint density at radius 3 is 2.10 bits per heavy atom. The summed E-state index contributed by atoms with van der Waals surface area (Å²) >= 11 is 0. The largest absolute Gasteiger partial charge is 0.217 e. The van der Waals surface area contributed by atoms with E-state index in [1.807, 2.05) is 0 Å². The van der Waals surface area contributed by atoms with Crippen LogP contribution in [0.25, 0.3) is 0 Å². The number of hydrogen-bond acceptors (Lipinski definition) is 1. The van der Waals surface area contributed by atoms with Crippen molar-refractivity contribution in [2.24, 2.45) is 5.92 Å². The summed E-state index contributed by atoms with van der Waals surface area (Å²) in [6, 6.07) is 0. The molecule has 0 aromatic rings. The molecule has 58 valence electrons. The maximum atomic E-state index is 9.84. The molecule has 10 heavy (non-hydrogen) atoms. The average Bonchev–Trinajstić information content (AvgIpc) is 1.86. The highest BCUT2D eigenvalue weighted by Crippen LogP contribution is 2.29. The van der Waals surface area contributed by atoms with Crippen molar-refractivity contribution in [1.82, 2.24) is 0 Å². The molecule has 0 aliphatic carbocycles. The first-order chi connectivity index (χ1) is 4.79. The van der Waals surface area contributed by atoms with Crippen LogP contribution < -0.4 is 0 Å². The van der Waals surface area contributed by atoms with Crippen LogP contribution in [-0.4, -0.2) is 29.5 Å². The van der Waals surface area contributed by atoms with E-state index in [0.29, 0.717) is 4.65 Å². The van der Waals surface area contributed by atoms with Crippen molar-refractivity contribution < 1.29 is 9.85 Å². The van der Waals surface area contributed by atoms with Gasteiger partial charge in [0.05, 0.1) is 0 Å². The van der Waals surface area contributed by atoms with Crippen LogP contribution in [0.4, 0.5) is 0 Å². The maximum Gasteiger partial charge on any atom is 0.111 e. The molecule has 0 saturated carbocycles. The molecule has 0 unspecified atom stereocenters. The second kappa shape index (κ2) is 2.21. The van der Waals surface area contributed by atoms with Gasteiger partial charge in [-0.2, -0.15) is 4.65 Å². The van der Waals surface area contributed by atoms with Gasteiger partial charge in [0.15, 0.2) is 0 Å². The smallest absolute Gasteiger partial charge is 0.111 e. The first kappa shape index (κ1) is 6.62. The van der Waals surface area contributed by atoms with E-state index in [9.17, 15) is 5.21 Å². The fraction of sp³-hybridized carbons (Fsp3) is 1.00. The SMILES string of the molecule is O[N+]12CCCC(CCC1)C2. The van der Waals surface area contributed by atoms with E-state index in [4.69, 9.17) is 0 Å². The van der Waals surface area contributed by atoms with Crippen molar-refractivity contribution in [2.75, 3.05) is 19.6 Å². The van der Waals surface area contributed by atoms with Crippen LogP contribution in [0, 0.1) is 5.92 Å². The monoisotopic (exact) mass is 142 g/mol. The van der Waals surface area contributed by atoms with Crippen LogP contribution in [-0.2, 0) is 0 Å². The molecule has 2 heteroatoms. The lowest BCUT2D eigenvalue weighted by Gasteiger charge is -2.41. The zero-order chi connectivity index (χ0) is 7.03. The number of rotatable bonds is 0. The van der Waals surface area contributed by atoms with Crippen LogP contribution in [0.1, 0.15) is 25.7 Å². The van der Waals surface area contributed by atoms with Gasteiger partial charge in [-0.25, -0.2) is 5.21 Å². The number of piperidine rings is 2. The molecule has 2 saturated heterocycles. The van der Waals surface area contributed by atoms with Crippen LogP contribution >= 0.6 is 0 Å². The third kappa shape index (κ3) is 1.06. The average molecular weight is 142 g/mol. The summed E-state index contributed by atoms with van der Waals surface area (Å²) in [7, 11) is 0. The third-order valence-electron chi connectivity index (χ3n) is 2.97. The Morgan fingerprint density at radius 1 is 1.10 bits per heavy atom. The zero-order valence-corrected chi connectivity index (χ0v) is 6.42. The Morgan fingerprint density at radius 2 is 1.70 bits per heavy atom. The lowest BCUT2D eigenvalue weighted by molar-refractivity contribution is -1.11. The highest BCUT2D eigenvalue weighted by molar-refractivity contribution is 4.67. The normalized spacial score (nSPS) is 47.1. The predicted molar refractivity (Wildman–Crippen MR) is 38.6 cm³/mol. The molecule has 0 aromatic heterocycles. The molecule has 0 radical (unpaired) electrons. The van der Waals surface area contributed by atoms with Crippen LogP contribution in [0.5, 0.6) is 0 Å². The summed E-state index contributed by atoms with van der Waals surface area (Å²) in [6.07, 6.45) is 5.20. The summed E-state index contributed by atoms with van der Waals surface area (Å²) in [5.74, 6) is 0.840. The Balaban J connectivity index is 2.07. The molecular weight excluding hydrogens is 126 g/mol. The second-order valence-corrected chi connectivity index (χ2v) is 3.88. The van der Waals surface area contributed by atoms with E-state index in [-0.39, 0.29) is 0 Å². The predicted octanol–water partition coefficient (Wildman–Crippen LogP) is 1.40. The third-order valence-corrected chi connectivity index (χ3v) is 2.97. The molecule has 2 aliphatic heterocycles. The summed E-state index contributed by atoms with van der Waals surface area (Å²) in [6.45, 7) is 3.06. The quantitative estimate of drug-likeness (QED) is 0.507. The minimum absolute atomic E-state index is 0.394. The Hall–Kier alpha value is -0.0800. The van der Waals surface area contributed by atoms with E-state index in [1.165, 1.54) is 25.7 Å². The summed E-state index contributed by atoms with van der Waals surface area (Å²) in [4.78, 5) is 0. The Kier molecular flexibility index (Phi) is 1.46. The highest BCUT2D eigenvalue weighted by Gasteiger charge is 2.37. The fourth-order valence-electron chi connectivity index (χ4n) is 2.45. The molecule has 1 N–H and O–H groups in total. The number of hydrogen-bond donors (Lipinski definition) is 1. The van der Waals surface area contributed by atoms with Crippen molar-refractivity contribution in [1.29, 1.82) is 0 Å². The Labute approximate surface area is 62.0 Å². The first-order valence-corrected chi connectivity index (χ1v) is 4.37. The van der Waals surface area contributed by atoms with Gasteiger partial charge in [-0.1, -0.05) is 0 Å². The van der Waals surface area contributed by atoms with Crippen LogP contribution in [0.3, 0.4) is 0 Å². The van der Waals surface area contributed by atoms with Crippen molar-refractivity contribution in [3.05, 3.63) is 0 Å². The van der Waals surface area contributed by atoms with Gasteiger partial charge in [-0.3, -0.25) is 0 Å². The minimum Gasteiger partial charge on any atom is -0.217 e. The van der Waals surface area contributed by atoms with Gasteiger partial charge in [0, 0.05) is 5.92 Å². The van der Waals surface area contributed by atoms with Gasteiger partial charge in [-0.05, 0) is 25.7 Å². The topological polar surface area (TPSA) is 20.2 Å². The number of quaternary nitrogens is 1. The van der Waals surface area contributed by atoms with Gasteiger partial charge >= 0.3 is 0 Å². The van der Waals surface area contributed by atoms with E-state index in [0.717, 1.165) is 25.6 Å². The fourth-order valence-corrected chi connectivity index (χ4v) is 2.45. The molecule has 2 rings (SSSR count). The zero-order valence-electron chi connectivity index (χ0n) is 6.42. The molecule has 2 fully saturated rings. The molecule has 0 atom stereocenters. The molecule has 2 heterocycles. The molecule has 0 spiro atoms. The van der Waals surface area contributed by atoms with E-state index >= 15 is 0 Å². The molecule has 2 nitrogen and oxygen atoms in total. The lowest BCUT2D eigenvalue weighted by Crippen LogP contribution is -2.54. The summed E-state index contributed by atoms with van der Waals surface area (Å²) in [5.41, 5.74) is 0. The van der Waals surface area contributed by atoms with Crippen LogP contribution in [0.2, 0.25) is 0 Å². The van der Waals surface area contributed by atoms with Crippen LogP contribution in [0.15, 0.2) is 0 Å². The standard InChI is InChI=1S/C8H16NO/c10-9-5-1-3-8(7-9)4-2-6-9/h8,10H,1-7H2/q+1. The van der Waals surface area contributed by atoms with Crippen molar-refractivity contribution in [3.63, 3.8) is 0 Å². The number of hydroxylamine groups is 3. The minimum atomic E-state index is 0.394. The van der Waals surface area contributed by atoms with Crippen molar-refractivity contribution in [2.45, 2.75) is 25.7 Å². The van der Waals surface area contributed by atoms with Crippen molar-refractivity contribution in [3.8, 4) is 0 Å². The summed E-state index contributed by atoms with van der Waals surface area (Å²) < 4.78 is 0.394. The molecule has 0 amide bonds. The van der Waals surface area contributed by atoms with E-state index in [1.54, 1.807) is 0 Å². The maximum absolute atomic E-state index is 9.84. The van der Waals surface area contributed by atoms with Crippen molar-refractivity contribution >= 4 is 0 Å². The summed E-state index contributed by atoms with van der Waals surface area (Å²) in [5, 5.41) is 9.84. The van der Waals surface area contributed by atoms with Gasteiger partial charge in [-0.15, -0.1) is 0 Å². The molecule has 0 aromatic carbocycles. The van der Waals surface area contributed by atoms with Gasteiger partial charge < -0.3 is 0 Å². The van der Waals surface area contributed by atoms with E-state index < -0.39 is 0 Å². The van der Waals surface area contributed by atoms with E-state index in [2.05, 4.69) is 0 Å².